The molecule has 0 saturated carbocycles. The number of piperazine rings is 1. The van der Waals surface area contributed by atoms with Crippen molar-refractivity contribution in [2.45, 2.75) is 6.92 Å². The summed E-state index contributed by atoms with van der Waals surface area (Å²) in [5.41, 5.74) is 2.83. The number of fused-ring (bicyclic) bond motifs is 1. The van der Waals surface area contributed by atoms with Gasteiger partial charge in [-0.1, -0.05) is 23.5 Å². The van der Waals surface area contributed by atoms with Gasteiger partial charge in [0.15, 0.2) is 5.13 Å². The molecule has 2 heterocycles. The summed E-state index contributed by atoms with van der Waals surface area (Å²) in [7, 11) is 3.16. The van der Waals surface area contributed by atoms with Gasteiger partial charge in [-0.25, -0.2) is 4.98 Å². The molecule has 28 heavy (non-hydrogen) atoms. The second kappa shape index (κ2) is 7.67. The lowest BCUT2D eigenvalue weighted by atomic mass is 10.1. The van der Waals surface area contributed by atoms with Crippen molar-refractivity contribution in [3.63, 3.8) is 0 Å². The second-order valence-corrected chi connectivity index (χ2v) is 7.77. The van der Waals surface area contributed by atoms with Crippen molar-refractivity contribution in [1.82, 2.24) is 9.88 Å². The van der Waals surface area contributed by atoms with E-state index in [1.165, 1.54) is 10.3 Å². The van der Waals surface area contributed by atoms with Gasteiger partial charge in [0.1, 0.15) is 11.5 Å². The maximum absolute atomic E-state index is 13.0. The Balaban J connectivity index is 1.47. The molecular formula is C21H23N3O3S. The number of anilines is 1. The fourth-order valence-electron chi connectivity index (χ4n) is 3.46. The van der Waals surface area contributed by atoms with E-state index in [0.29, 0.717) is 30.2 Å². The minimum Gasteiger partial charge on any atom is -0.497 e. The van der Waals surface area contributed by atoms with Crippen LogP contribution in [-0.2, 0) is 0 Å². The van der Waals surface area contributed by atoms with Gasteiger partial charge in [-0.2, -0.15) is 0 Å². The van der Waals surface area contributed by atoms with Crippen LogP contribution in [0.2, 0.25) is 0 Å². The van der Waals surface area contributed by atoms with Crippen molar-refractivity contribution in [3.8, 4) is 11.5 Å². The minimum absolute atomic E-state index is 0.0145. The molecule has 7 heteroatoms. The molecule has 0 unspecified atom stereocenters. The van der Waals surface area contributed by atoms with E-state index in [1.54, 1.807) is 43.8 Å². The number of hydrogen-bond donors (Lipinski definition) is 0. The topological polar surface area (TPSA) is 54.9 Å². The number of carbonyl (C=O) groups excluding carboxylic acids is 1. The molecule has 0 radical (unpaired) electrons. The van der Waals surface area contributed by atoms with Crippen LogP contribution in [0.15, 0.2) is 36.4 Å². The molecule has 0 bridgehead atoms. The van der Waals surface area contributed by atoms with E-state index in [9.17, 15) is 4.79 Å². The number of methoxy groups -OCH3 is 2. The molecular weight excluding hydrogens is 374 g/mol. The molecule has 1 aliphatic rings. The van der Waals surface area contributed by atoms with E-state index in [4.69, 9.17) is 14.5 Å². The first-order valence-corrected chi connectivity index (χ1v) is 10.0. The van der Waals surface area contributed by atoms with Gasteiger partial charge in [0.05, 0.1) is 30.0 Å². The van der Waals surface area contributed by atoms with Crippen molar-refractivity contribution in [2.75, 3.05) is 45.3 Å². The van der Waals surface area contributed by atoms with Gasteiger partial charge in [0, 0.05) is 32.2 Å². The van der Waals surface area contributed by atoms with Gasteiger partial charge in [-0.05, 0) is 30.7 Å². The molecule has 3 aromatic rings. The van der Waals surface area contributed by atoms with Crippen LogP contribution in [-0.4, -0.2) is 56.2 Å². The Labute approximate surface area is 168 Å². The summed E-state index contributed by atoms with van der Waals surface area (Å²) < 4.78 is 11.8. The second-order valence-electron chi connectivity index (χ2n) is 6.76. The van der Waals surface area contributed by atoms with Gasteiger partial charge in [-0.15, -0.1) is 0 Å². The van der Waals surface area contributed by atoms with Crippen LogP contribution >= 0.6 is 11.3 Å². The zero-order valence-electron chi connectivity index (χ0n) is 16.3. The average Bonchev–Trinajstić information content (AvgIpc) is 3.18. The Kier molecular flexibility index (Phi) is 5.09. The van der Waals surface area contributed by atoms with E-state index in [2.05, 4.69) is 30.0 Å². The number of carbonyl (C=O) groups is 1. The van der Waals surface area contributed by atoms with Crippen molar-refractivity contribution in [3.05, 3.63) is 47.5 Å². The molecule has 0 atom stereocenters. The summed E-state index contributed by atoms with van der Waals surface area (Å²) in [6.07, 6.45) is 0. The molecule has 1 fully saturated rings. The maximum atomic E-state index is 13.0. The predicted molar refractivity (Wildman–Crippen MR) is 112 cm³/mol. The Morgan fingerprint density at radius 1 is 1.07 bits per heavy atom. The molecule has 0 N–H and O–H groups in total. The summed E-state index contributed by atoms with van der Waals surface area (Å²) in [5, 5.41) is 1.03. The maximum Gasteiger partial charge on any atom is 0.257 e. The van der Waals surface area contributed by atoms with Gasteiger partial charge in [0.25, 0.3) is 5.91 Å². The smallest absolute Gasteiger partial charge is 0.257 e. The fraction of sp³-hybridized carbons (Fsp3) is 0.333. The summed E-state index contributed by atoms with van der Waals surface area (Å²) in [4.78, 5) is 21.9. The number of amides is 1. The standard InChI is InChI=1S/C21H23N3O3S/c1-14-5-4-6-18-19(14)22-21(28-18)24-11-9-23(10-12-24)20(25)16-8-7-15(26-2)13-17(16)27-3/h4-8,13H,9-12H2,1-3H3. The minimum atomic E-state index is -0.0145. The molecule has 4 rings (SSSR count). The van der Waals surface area contributed by atoms with Crippen LogP contribution in [0.3, 0.4) is 0 Å². The van der Waals surface area contributed by atoms with Crippen LogP contribution in [0.4, 0.5) is 5.13 Å². The third kappa shape index (κ3) is 3.38. The highest BCUT2D eigenvalue weighted by Gasteiger charge is 2.26. The number of benzene rings is 2. The number of rotatable bonds is 4. The Morgan fingerprint density at radius 2 is 1.86 bits per heavy atom. The third-order valence-electron chi connectivity index (χ3n) is 5.09. The summed E-state index contributed by atoms with van der Waals surface area (Å²) >= 11 is 1.71. The zero-order chi connectivity index (χ0) is 19.7. The molecule has 1 aliphatic heterocycles. The number of aromatic nitrogens is 1. The quantitative estimate of drug-likeness (QED) is 0.674. The van der Waals surface area contributed by atoms with Crippen molar-refractivity contribution < 1.29 is 14.3 Å². The molecule has 0 aliphatic carbocycles. The highest BCUT2D eigenvalue weighted by molar-refractivity contribution is 7.22. The number of nitrogens with zero attached hydrogens (tertiary/aromatic N) is 3. The van der Waals surface area contributed by atoms with Gasteiger partial charge in [-0.3, -0.25) is 4.79 Å². The molecule has 6 nitrogen and oxygen atoms in total. The lowest BCUT2D eigenvalue weighted by molar-refractivity contribution is 0.0743. The molecule has 2 aromatic carbocycles. The molecule has 1 saturated heterocycles. The van der Waals surface area contributed by atoms with E-state index in [1.807, 2.05) is 4.90 Å². The van der Waals surface area contributed by atoms with E-state index in [0.717, 1.165) is 23.7 Å². The van der Waals surface area contributed by atoms with Crippen molar-refractivity contribution in [2.24, 2.45) is 0 Å². The Hall–Kier alpha value is -2.80. The first kappa shape index (κ1) is 18.6. The number of thiazole rings is 1. The van der Waals surface area contributed by atoms with Crippen LogP contribution in [0.5, 0.6) is 11.5 Å². The van der Waals surface area contributed by atoms with E-state index in [-0.39, 0.29) is 5.91 Å². The van der Waals surface area contributed by atoms with Crippen molar-refractivity contribution in [1.29, 1.82) is 0 Å². The number of para-hydroxylation sites is 1. The Bertz CT molecular complexity index is 1010. The fourth-order valence-corrected chi connectivity index (χ4v) is 4.55. The van der Waals surface area contributed by atoms with Gasteiger partial charge in [0.2, 0.25) is 0 Å². The molecule has 146 valence electrons. The van der Waals surface area contributed by atoms with E-state index >= 15 is 0 Å². The van der Waals surface area contributed by atoms with Crippen LogP contribution < -0.4 is 14.4 Å². The number of hydrogen-bond acceptors (Lipinski definition) is 6. The average molecular weight is 398 g/mol. The third-order valence-corrected chi connectivity index (χ3v) is 6.17. The lowest BCUT2D eigenvalue weighted by Gasteiger charge is -2.34. The monoisotopic (exact) mass is 397 g/mol. The first-order chi connectivity index (χ1) is 13.6. The summed E-state index contributed by atoms with van der Waals surface area (Å²) in [5.74, 6) is 1.19. The number of aryl methyl sites for hydroxylation is 1. The van der Waals surface area contributed by atoms with Gasteiger partial charge < -0.3 is 19.3 Å². The highest BCUT2D eigenvalue weighted by Crippen LogP contribution is 2.31. The van der Waals surface area contributed by atoms with Crippen LogP contribution in [0.25, 0.3) is 10.2 Å². The SMILES string of the molecule is COc1ccc(C(=O)N2CCN(c3nc4c(C)cccc4s3)CC2)c(OC)c1. The largest absolute Gasteiger partial charge is 0.497 e. The zero-order valence-corrected chi connectivity index (χ0v) is 17.1. The Morgan fingerprint density at radius 3 is 2.54 bits per heavy atom. The lowest BCUT2D eigenvalue weighted by Crippen LogP contribution is -2.48. The molecule has 0 spiro atoms. The number of ether oxygens (including phenoxy) is 2. The van der Waals surface area contributed by atoms with E-state index < -0.39 is 0 Å². The molecule has 1 aromatic heterocycles. The van der Waals surface area contributed by atoms with Crippen molar-refractivity contribution >= 4 is 32.6 Å². The van der Waals surface area contributed by atoms with Gasteiger partial charge >= 0.3 is 0 Å². The normalized spacial score (nSPS) is 14.4. The molecule has 1 amide bonds. The van der Waals surface area contributed by atoms with Crippen LogP contribution in [0.1, 0.15) is 15.9 Å². The highest BCUT2D eigenvalue weighted by atomic mass is 32.1. The van der Waals surface area contributed by atoms with Crippen LogP contribution in [0, 0.1) is 6.92 Å². The predicted octanol–water partition coefficient (Wildman–Crippen LogP) is 3.58. The summed E-state index contributed by atoms with van der Waals surface area (Å²) in [6.45, 7) is 4.93. The summed E-state index contributed by atoms with van der Waals surface area (Å²) in [6, 6.07) is 11.6. The first-order valence-electron chi connectivity index (χ1n) is 9.23.